The third kappa shape index (κ3) is 8.15. The molecular weight excluding hydrogens is 310 g/mol. The van der Waals surface area contributed by atoms with Gasteiger partial charge >= 0.3 is 17.9 Å². The van der Waals surface area contributed by atoms with E-state index in [0.29, 0.717) is 6.42 Å². The fraction of sp³-hybridized carbons (Fsp3) is 0.714. The molecule has 0 saturated heterocycles. The summed E-state index contributed by atoms with van der Waals surface area (Å²) in [6.45, 7) is 5.33. The van der Waals surface area contributed by atoms with E-state index in [0.717, 1.165) is 13.8 Å². The van der Waals surface area contributed by atoms with Crippen LogP contribution in [0.4, 0.5) is 0 Å². The molecule has 0 bridgehead atoms. The summed E-state index contributed by atoms with van der Waals surface area (Å²) >= 11 is 0. The summed E-state index contributed by atoms with van der Waals surface area (Å²) in [5.74, 6) is -4.29. The van der Waals surface area contributed by atoms with Crippen LogP contribution in [-0.4, -0.2) is 58.9 Å². The monoisotopic (exact) mass is 333 g/mol. The molecule has 0 rings (SSSR count). The number of nitrogens with one attached hydrogen (secondary N) is 1. The van der Waals surface area contributed by atoms with Crippen LogP contribution in [0.1, 0.15) is 34.1 Å². The molecule has 0 aliphatic rings. The first-order valence-electron chi connectivity index (χ1n) is 7.06. The molecule has 0 aromatic carbocycles. The van der Waals surface area contributed by atoms with Gasteiger partial charge in [-0.1, -0.05) is 13.8 Å². The highest BCUT2D eigenvalue weighted by molar-refractivity contribution is 5.91. The summed E-state index contributed by atoms with van der Waals surface area (Å²) in [4.78, 5) is 45.5. The molecule has 0 aliphatic heterocycles. The number of amides is 1. The van der Waals surface area contributed by atoms with Crippen LogP contribution >= 0.6 is 0 Å². The van der Waals surface area contributed by atoms with Crippen molar-refractivity contribution in [1.82, 2.24) is 5.32 Å². The quantitative estimate of drug-likeness (QED) is 0.478. The van der Waals surface area contributed by atoms with Crippen molar-refractivity contribution >= 4 is 23.8 Å². The van der Waals surface area contributed by atoms with Crippen molar-refractivity contribution in [1.29, 1.82) is 0 Å². The summed E-state index contributed by atoms with van der Waals surface area (Å²) in [6.07, 6.45) is -3.40. The zero-order valence-corrected chi connectivity index (χ0v) is 13.6. The number of aliphatic hydroxyl groups is 1. The number of aliphatic carboxylic acids is 1. The number of carboxylic acid groups (broad SMARTS) is 1. The Morgan fingerprint density at radius 1 is 1.00 bits per heavy atom. The zero-order valence-electron chi connectivity index (χ0n) is 13.6. The Balaban J connectivity index is 5.25. The van der Waals surface area contributed by atoms with Crippen LogP contribution in [0, 0.1) is 5.92 Å². The minimum atomic E-state index is -1.98. The van der Waals surface area contributed by atoms with E-state index in [1.165, 1.54) is 0 Å². The minimum absolute atomic E-state index is 0.156. The molecule has 0 saturated carbocycles. The van der Waals surface area contributed by atoms with Gasteiger partial charge < -0.3 is 25.0 Å². The van der Waals surface area contributed by atoms with Gasteiger partial charge in [-0.2, -0.15) is 0 Å². The van der Waals surface area contributed by atoms with E-state index >= 15 is 0 Å². The van der Waals surface area contributed by atoms with Crippen LogP contribution in [0.3, 0.4) is 0 Å². The second-order valence-corrected chi connectivity index (χ2v) is 5.42. The lowest BCUT2D eigenvalue weighted by Crippen LogP contribution is -2.53. The topological polar surface area (TPSA) is 139 Å². The summed E-state index contributed by atoms with van der Waals surface area (Å²) in [5, 5.41) is 20.7. The number of carbonyl (C=O) groups is 4. The predicted octanol–water partition coefficient (Wildman–Crippen LogP) is -0.542. The van der Waals surface area contributed by atoms with E-state index in [-0.39, 0.29) is 12.5 Å². The largest absolute Gasteiger partial charge is 0.478 e. The predicted molar refractivity (Wildman–Crippen MR) is 77.2 cm³/mol. The second-order valence-electron chi connectivity index (χ2n) is 5.42. The third-order valence-electron chi connectivity index (χ3n) is 2.69. The van der Waals surface area contributed by atoms with Gasteiger partial charge in [-0.3, -0.25) is 14.4 Å². The van der Waals surface area contributed by atoms with Gasteiger partial charge in [0.05, 0.1) is 12.6 Å². The number of rotatable bonds is 9. The van der Waals surface area contributed by atoms with E-state index in [4.69, 9.17) is 9.84 Å². The van der Waals surface area contributed by atoms with Gasteiger partial charge in [0, 0.05) is 13.8 Å². The van der Waals surface area contributed by atoms with E-state index < -0.39 is 42.1 Å². The second kappa shape index (κ2) is 9.78. The molecule has 132 valence electrons. The number of carboxylic acids is 1. The van der Waals surface area contributed by atoms with Crippen LogP contribution < -0.4 is 5.32 Å². The van der Waals surface area contributed by atoms with Gasteiger partial charge in [-0.25, -0.2) is 4.79 Å². The molecule has 23 heavy (non-hydrogen) atoms. The fourth-order valence-corrected chi connectivity index (χ4v) is 1.88. The molecular formula is C14H23NO8. The fourth-order valence-electron chi connectivity index (χ4n) is 1.88. The van der Waals surface area contributed by atoms with Crippen molar-refractivity contribution < 1.29 is 38.9 Å². The number of esters is 2. The minimum Gasteiger partial charge on any atom is -0.478 e. The standard InChI is InChI=1S/C14H23NO8/c1-7(2)5-10(6-16)15-13(19)11(22-8(3)17)12(14(20)21)23-9(4)18/h7,10-12,16H,5-6H2,1-4H3,(H,15,19)(H,20,21)/t10-,11-,12-/m1/s1. The van der Waals surface area contributed by atoms with Crippen molar-refractivity contribution in [2.24, 2.45) is 5.92 Å². The SMILES string of the molecule is CC(=O)O[C@@H](C(=O)O)[C@@H](OC(C)=O)C(=O)N[C@@H](CO)CC(C)C. The molecule has 0 aromatic heterocycles. The Bertz CT molecular complexity index is 448. The third-order valence-corrected chi connectivity index (χ3v) is 2.69. The summed E-state index contributed by atoms with van der Waals surface area (Å²) < 4.78 is 9.25. The Labute approximate surface area is 133 Å². The maximum atomic E-state index is 12.2. The first-order valence-corrected chi connectivity index (χ1v) is 7.06. The van der Waals surface area contributed by atoms with Crippen molar-refractivity contribution in [3.05, 3.63) is 0 Å². The Kier molecular flexibility index (Phi) is 8.86. The Hall–Kier alpha value is -2.16. The van der Waals surface area contributed by atoms with Crippen molar-refractivity contribution in [3.8, 4) is 0 Å². The van der Waals surface area contributed by atoms with Crippen LogP contribution in [0.2, 0.25) is 0 Å². The molecule has 1 amide bonds. The molecule has 3 atom stereocenters. The molecule has 3 N–H and O–H groups in total. The van der Waals surface area contributed by atoms with Crippen LogP contribution in [0.5, 0.6) is 0 Å². The molecule has 0 fully saturated rings. The first kappa shape index (κ1) is 20.8. The smallest absolute Gasteiger partial charge is 0.349 e. The Morgan fingerprint density at radius 3 is 1.83 bits per heavy atom. The van der Waals surface area contributed by atoms with E-state index in [9.17, 15) is 24.3 Å². The summed E-state index contributed by atoms with van der Waals surface area (Å²) in [5.41, 5.74) is 0. The van der Waals surface area contributed by atoms with Crippen molar-refractivity contribution in [3.63, 3.8) is 0 Å². The average Bonchev–Trinajstić information content (AvgIpc) is 2.40. The lowest BCUT2D eigenvalue weighted by atomic mass is 10.0. The van der Waals surface area contributed by atoms with Crippen LogP contribution in [0.15, 0.2) is 0 Å². The molecule has 0 spiro atoms. The van der Waals surface area contributed by atoms with Gasteiger partial charge in [-0.15, -0.1) is 0 Å². The van der Waals surface area contributed by atoms with Crippen LogP contribution in [0.25, 0.3) is 0 Å². The van der Waals surface area contributed by atoms with E-state index in [1.54, 1.807) is 0 Å². The normalized spacial score (nSPS) is 14.5. The van der Waals surface area contributed by atoms with Crippen LogP contribution in [-0.2, 0) is 28.7 Å². The highest BCUT2D eigenvalue weighted by Crippen LogP contribution is 2.10. The molecule has 0 heterocycles. The number of hydrogen-bond donors (Lipinski definition) is 3. The molecule has 0 aromatic rings. The number of aliphatic hydroxyl groups excluding tert-OH is 1. The summed E-state index contributed by atoms with van der Waals surface area (Å²) in [7, 11) is 0. The Morgan fingerprint density at radius 2 is 1.48 bits per heavy atom. The number of hydrogen-bond acceptors (Lipinski definition) is 7. The molecule has 0 unspecified atom stereocenters. The molecule has 0 radical (unpaired) electrons. The van der Waals surface area contributed by atoms with Gasteiger partial charge in [0.1, 0.15) is 0 Å². The highest BCUT2D eigenvalue weighted by Gasteiger charge is 2.40. The maximum Gasteiger partial charge on any atom is 0.349 e. The van der Waals surface area contributed by atoms with Gasteiger partial charge in [0.25, 0.3) is 5.91 Å². The van der Waals surface area contributed by atoms with Crippen molar-refractivity contribution in [2.75, 3.05) is 6.61 Å². The van der Waals surface area contributed by atoms with Gasteiger partial charge in [0.2, 0.25) is 12.2 Å². The molecule has 0 aliphatic carbocycles. The van der Waals surface area contributed by atoms with Gasteiger partial charge in [0.15, 0.2) is 0 Å². The zero-order chi connectivity index (χ0) is 18.2. The van der Waals surface area contributed by atoms with E-state index in [2.05, 4.69) is 10.1 Å². The summed E-state index contributed by atoms with van der Waals surface area (Å²) in [6, 6.07) is -0.646. The lowest BCUT2D eigenvalue weighted by Gasteiger charge is -2.25. The first-order chi connectivity index (χ1) is 10.6. The molecule has 9 heteroatoms. The van der Waals surface area contributed by atoms with Gasteiger partial charge in [-0.05, 0) is 12.3 Å². The van der Waals surface area contributed by atoms with Crippen molar-refractivity contribution in [2.45, 2.75) is 52.4 Å². The lowest BCUT2D eigenvalue weighted by molar-refractivity contribution is -0.181. The molecule has 9 nitrogen and oxygen atoms in total. The highest BCUT2D eigenvalue weighted by atomic mass is 16.6. The average molecular weight is 333 g/mol. The number of carbonyl (C=O) groups excluding carboxylic acids is 3. The van der Waals surface area contributed by atoms with E-state index in [1.807, 2.05) is 13.8 Å². The number of ether oxygens (including phenoxy) is 2. The maximum absolute atomic E-state index is 12.2.